The maximum atomic E-state index is 12.5. The minimum absolute atomic E-state index is 0.170. The Bertz CT molecular complexity index is 701. The molecule has 6 nitrogen and oxygen atoms in total. The van der Waals surface area contributed by atoms with Gasteiger partial charge in [0.05, 0.1) is 19.2 Å². The Kier molecular flexibility index (Phi) is 4.34. The third kappa shape index (κ3) is 3.22. The van der Waals surface area contributed by atoms with Gasteiger partial charge in [0.25, 0.3) is 5.91 Å². The molecule has 0 radical (unpaired) electrons. The highest BCUT2D eigenvalue weighted by Crippen LogP contribution is 2.24. The lowest BCUT2D eigenvalue weighted by atomic mass is 10.2. The van der Waals surface area contributed by atoms with Gasteiger partial charge in [0.15, 0.2) is 6.04 Å². The molecule has 2 heterocycles. The molecule has 0 saturated carbocycles. The van der Waals surface area contributed by atoms with Crippen molar-refractivity contribution in [1.82, 2.24) is 4.98 Å². The first-order valence-corrected chi connectivity index (χ1v) is 7.42. The lowest BCUT2D eigenvalue weighted by molar-refractivity contribution is -0.690. The first kappa shape index (κ1) is 15.2. The number of carbonyl (C=O) groups excluding carboxylic acids is 2. The zero-order chi connectivity index (χ0) is 16.2. The van der Waals surface area contributed by atoms with E-state index in [2.05, 4.69) is 4.98 Å². The Morgan fingerprint density at radius 2 is 1.87 bits per heavy atom. The SMILES string of the molecule is COc1ccc(N2C(=O)C[C@H]([NH2+]Cc3ccncc3)C2=O)cc1. The highest BCUT2D eigenvalue weighted by Gasteiger charge is 2.42. The van der Waals surface area contributed by atoms with E-state index >= 15 is 0 Å². The van der Waals surface area contributed by atoms with E-state index in [0.717, 1.165) is 5.56 Å². The van der Waals surface area contributed by atoms with Crippen LogP contribution in [-0.4, -0.2) is 29.9 Å². The van der Waals surface area contributed by atoms with Crippen LogP contribution >= 0.6 is 0 Å². The second-order valence-electron chi connectivity index (χ2n) is 5.37. The summed E-state index contributed by atoms with van der Waals surface area (Å²) in [5.41, 5.74) is 1.66. The molecule has 1 fully saturated rings. The van der Waals surface area contributed by atoms with Crippen molar-refractivity contribution in [2.45, 2.75) is 19.0 Å². The Labute approximate surface area is 134 Å². The largest absolute Gasteiger partial charge is 0.497 e. The van der Waals surface area contributed by atoms with Gasteiger partial charge in [-0.1, -0.05) is 0 Å². The van der Waals surface area contributed by atoms with Crippen molar-refractivity contribution in [3.63, 3.8) is 0 Å². The number of amides is 2. The van der Waals surface area contributed by atoms with E-state index in [1.165, 1.54) is 4.90 Å². The number of hydrogen-bond acceptors (Lipinski definition) is 4. The molecular formula is C17H18N3O3+. The predicted molar refractivity (Wildman–Crippen MR) is 83.8 cm³/mol. The van der Waals surface area contributed by atoms with Gasteiger partial charge in [-0.2, -0.15) is 0 Å². The highest BCUT2D eigenvalue weighted by molar-refractivity contribution is 6.21. The predicted octanol–water partition coefficient (Wildman–Crippen LogP) is 0.486. The lowest BCUT2D eigenvalue weighted by Gasteiger charge is -2.14. The second-order valence-corrected chi connectivity index (χ2v) is 5.37. The number of pyridine rings is 1. The molecular weight excluding hydrogens is 294 g/mol. The van der Waals surface area contributed by atoms with Gasteiger partial charge in [-0.15, -0.1) is 0 Å². The number of rotatable bonds is 5. The number of nitrogens with two attached hydrogens (primary N) is 1. The van der Waals surface area contributed by atoms with Crippen LogP contribution in [0, 0.1) is 0 Å². The summed E-state index contributed by atoms with van der Waals surface area (Å²) in [6.07, 6.45) is 3.65. The Balaban J connectivity index is 1.69. The van der Waals surface area contributed by atoms with Gasteiger partial charge < -0.3 is 10.1 Å². The monoisotopic (exact) mass is 312 g/mol. The molecule has 1 atom stereocenters. The minimum atomic E-state index is -0.377. The first-order valence-electron chi connectivity index (χ1n) is 7.42. The molecule has 3 rings (SSSR count). The number of nitrogens with zero attached hydrogens (tertiary/aromatic N) is 2. The number of carbonyl (C=O) groups is 2. The third-order valence-electron chi connectivity index (χ3n) is 3.90. The molecule has 2 aromatic rings. The number of methoxy groups -OCH3 is 1. The van der Waals surface area contributed by atoms with E-state index < -0.39 is 0 Å². The normalized spacial score (nSPS) is 17.6. The standard InChI is InChI=1S/C17H17N3O3/c1-23-14-4-2-13(3-5-14)20-16(21)10-15(17(20)22)19-11-12-6-8-18-9-7-12/h2-9,15,19H,10-11H2,1H3/p+1/t15-/m0/s1. The van der Waals surface area contributed by atoms with Crippen LogP contribution < -0.4 is 15.0 Å². The van der Waals surface area contributed by atoms with E-state index in [4.69, 9.17) is 4.74 Å². The average molecular weight is 312 g/mol. The van der Waals surface area contributed by atoms with Crippen LogP contribution in [0.3, 0.4) is 0 Å². The molecule has 0 bridgehead atoms. The molecule has 0 aliphatic carbocycles. The van der Waals surface area contributed by atoms with E-state index in [-0.39, 0.29) is 24.3 Å². The highest BCUT2D eigenvalue weighted by atomic mass is 16.5. The van der Waals surface area contributed by atoms with E-state index in [1.807, 2.05) is 17.4 Å². The fourth-order valence-electron chi connectivity index (χ4n) is 2.64. The van der Waals surface area contributed by atoms with Crippen LogP contribution in [0.4, 0.5) is 5.69 Å². The third-order valence-corrected chi connectivity index (χ3v) is 3.90. The van der Waals surface area contributed by atoms with E-state index in [9.17, 15) is 9.59 Å². The summed E-state index contributed by atoms with van der Waals surface area (Å²) in [4.78, 5) is 29.9. The van der Waals surface area contributed by atoms with Gasteiger partial charge >= 0.3 is 0 Å². The van der Waals surface area contributed by atoms with Gasteiger partial charge in [-0.05, 0) is 36.4 Å². The van der Waals surface area contributed by atoms with Gasteiger partial charge in [0, 0.05) is 18.0 Å². The first-order chi connectivity index (χ1) is 11.2. The van der Waals surface area contributed by atoms with E-state index in [1.54, 1.807) is 43.8 Å². The van der Waals surface area contributed by atoms with Crippen molar-refractivity contribution in [3.8, 4) is 5.75 Å². The molecule has 118 valence electrons. The molecule has 0 spiro atoms. The van der Waals surface area contributed by atoms with Crippen LogP contribution in [-0.2, 0) is 16.1 Å². The molecule has 1 aliphatic heterocycles. The maximum Gasteiger partial charge on any atom is 0.292 e. The quantitative estimate of drug-likeness (QED) is 0.815. The zero-order valence-electron chi connectivity index (χ0n) is 12.8. The summed E-state index contributed by atoms with van der Waals surface area (Å²) in [5.74, 6) is 0.346. The van der Waals surface area contributed by atoms with E-state index in [0.29, 0.717) is 18.0 Å². The number of ether oxygens (including phenoxy) is 1. The van der Waals surface area contributed by atoms with Crippen LogP contribution in [0.2, 0.25) is 0 Å². The molecule has 2 amide bonds. The summed E-state index contributed by atoms with van der Waals surface area (Å²) in [7, 11) is 1.57. The Morgan fingerprint density at radius 3 is 2.52 bits per heavy atom. The maximum absolute atomic E-state index is 12.5. The average Bonchev–Trinajstić information content (AvgIpc) is 2.88. The van der Waals surface area contributed by atoms with Gasteiger partial charge in [-0.3, -0.25) is 14.6 Å². The minimum Gasteiger partial charge on any atom is -0.497 e. The topological polar surface area (TPSA) is 76.1 Å². The number of hydrogen-bond donors (Lipinski definition) is 1. The van der Waals surface area contributed by atoms with Crippen LogP contribution in [0.15, 0.2) is 48.8 Å². The molecule has 1 aromatic carbocycles. The van der Waals surface area contributed by atoms with Crippen molar-refractivity contribution >= 4 is 17.5 Å². The van der Waals surface area contributed by atoms with Gasteiger partial charge in [0.1, 0.15) is 12.3 Å². The fraction of sp³-hybridized carbons (Fsp3) is 0.235. The smallest absolute Gasteiger partial charge is 0.292 e. The summed E-state index contributed by atoms with van der Waals surface area (Å²) in [6.45, 7) is 0.642. The van der Waals surface area contributed by atoms with Gasteiger partial charge in [-0.25, -0.2) is 4.90 Å². The van der Waals surface area contributed by atoms with Crippen molar-refractivity contribution < 1.29 is 19.6 Å². The zero-order valence-corrected chi connectivity index (χ0v) is 12.8. The van der Waals surface area contributed by atoms with Crippen LogP contribution in [0.5, 0.6) is 5.75 Å². The molecule has 1 saturated heterocycles. The molecule has 1 aromatic heterocycles. The van der Waals surface area contributed by atoms with Crippen molar-refractivity contribution in [2.24, 2.45) is 0 Å². The number of imide groups is 1. The number of aromatic nitrogens is 1. The molecule has 1 aliphatic rings. The molecule has 6 heteroatoms. The second kappa shape index (κ2) is 6.58. The lowest BCUT2D eigenvalue weighted by Crippen LogP contribution is -2.90. The Morgan fingerprint density at radius 1 is 1.17 bits per heavy atom. The Hall–Kier alpha value is -2.73. The van der Waals surface area contributed by atoms with Crippen LogP contribution in [0.25, 0.3) is 0 Å². The summed E-state index contributed by atoms with van der Waals surface area (Å²) in [5, 5.41) is 1.90. The fourth-order valence-corrected chi connectivity index (χ4v) is 2.64. The van der Waals surface area contributed by atoms with Crippen LogP contribution in [0.1, 0.15) is 12.0 Å². The molecule has 0 unspecified atom stereocenters. The van der Waals surface area contributed by atoms with Crippen molar-refractivity contribution in [1.29, 1.82) is 0 Å². The summed E-state index contributed by atoms with van der Waals surface area (Å²) in [6, 6.07) is 10.4. The van der Waals surface area contributed by atoms with Crippen molar-refractivity contribution in [2.75, 3.05) is 12.0 Å². The molecule has 2 N–H and O–H groups in total. The summed E-state index contributed by atoms with van der Waals surface area (Å²) < 4.78 is 5.09. The number of anilines is 1. The van der Waals surface area contributed by atoms with Crippen molar-refractivity contribution in [3.05, 3.63) is 54.4 Å². The molecule has 23 heavy (non-hydrogen) atoms. The van der Waals surface area contributed by atoms with Gasteiger partial charge in [0.2, 0.25) is 5.91 Å². The number of benzene rings is 1. The summed E-state index contributed by atoms with van der Waals surface area (Å²) >= 11 is 0. The number of quaternary nitrogens is 1.